The number of nitrogens with zero attached hydrogens (tertiary/aromatic N) is 2. The molecule has 0 saturated heterocycles. The summed E-state index contributed by atoms with van der Waals surface area (Å²) in [6.45, 7) is 3.89. The molecule has 0 saturated carbocycles. The topological polar surface area (TPSA) is 64.1 Å². The molecule has 0 unspecified atom stereocenters. The smallest absolute Gasteiger partial charge is 0.262 e. The monoisotopic (exact) mass is 321 g/mol. The molecule has 0 aliphatic heterocycles. The molecule has 0 fully saturated rings. The SMILES string of the molecule is CCc1nc(OCC(=O)Nc2ccc(C)cc2)c2ccccc2n1. The van der Waals surface area contributed by atoms with Gasteiger partial charge in [0, 0.05) is 12.1 Å². The highest BCUT2D eigenvalue weighted by Crippen LogP contribution is 2.22. The van der Waals surface area contributed by atoms with Crippen LogP contribution in [-0.2, 0) is 11.2 Å². The number of carbonyl (C=O) groups excluding carboxylic acids is 1. The van der Waals surface area contributed by atoms with Gasteiger partial charge in [0.05, 0.1) is 10.9 Å². The summed E-state index contributed by atoms with van der Waals surface area (Å²) in [6, 6.07) is 15.2. The summed E-state index contributed by atoms with van der Waals surface area (Å²) in [5, 5.41) is 3.61. The lowest BCUT2D eigenvalue weighted by atomic mass is 10.2. The molecule has 24 heavy (non-hydrogen) atoms. The Hall–Kier alpha value is -2.95. The number of fused-ring (bicyclic) bond motifs is 1. The summed E-state index contributed by atoms with van der Waals surface area (Å²) in [6.07, 6.45) is 0.705. The molecule has 3 aromatic rings. The fraction of sp³-hybridized carbons (Fsp3) is 0.211. The minimum absolute atomic E-state index is 0.0992. The molecule has 1 amide bonds. The minimum atomic E-state index is -0.223. The average Bonchev–Trinajstić information content (AvgIpc) is 2.61. The van der Waals surface area contributed by atoms with Gasteiger partial charge in [0.15, 0.2) is 6.61 Å². The summed E-state index contributed by atoms with van der Waals surface area (Å²) in [5.74, 6) is 0.916. The van der Waals surface area contributed by atoms with Crippen LogP contribution in [0.5, 0.6) is 5.88 Å². The first kappa shape index (κ1) is 15.9. The van der Waals surface area contributed by atoms with Crippen LogP contribution in [-0.4, -0.2) is 22.5 Å². The number of carbonyl (C=O) groups is 1. The van der Waals surface area contributed by atoms with Gasteiger partial charge in [-0.25, -0.2) is 4.98 Å². The second-order valence-corrected chi connectivity index (χ2v) is 5.52. The summed E-state index contributed by atoms with van der Waals surface area (Å²) in [7, 11) is 0. The van der Waals surface area contributed by atoms with E-state index in [1.807, 2.05) is 62.4 Å². The zero-order valence-corrected chi connectivity index (χ0v) is 13.7. The van der Waals surface area contributed by atoms with Crippen molar-refractivity contribution in [1.29, 1.82) is 0 Å². The van der Waals surface area contributed by atoms with E-state index in [1.54, 1.807) is 0 Å². The van der Waals surface area contributed by atoms with E-state index in [9.17, 15) is 4.79 Å². The maximum absolute atomic E-state index is 12.1. The van der Waals surface area contributed by atoms with Gasteiger partial charge in [-0.2, -0.15) is 4.98 Å². The van der Waals surface area contributed by atoms with Crippen molar-refractivity contribution in [3.8, 4) is 5.88 Å². The second-order valence-electron chi connectivity index (χ2n) is 5.52. The van der Waals surface area contributed by atoms with Crippen molar-refractivity contribution < 1.29 is 9.53 Å². The first-order valence-electron chi connectivity index (χ1n) is 7.90. The second kappa shape index (κ2) is 7.08. The lowest BCUT2D eigenvalue weighted by molar-refractivity contribution is -0.118. The molecule has 0 radical (unpaired) electrons. The Kier molecular flexibility index (Phi) is 4.70. The van der Waals surface area contributed by atoms with Gasteiger partial charge in [-0.3, -0.25) is 4.79 Å². The van der Waals surface area contributed by atoms with Crippen LogP contribution in [0.3, 0.4) is 0 Å². The number of benzene rings is 2. The van der Waals surface area contributed by atoms with Gasteiger partial charge < -0.3 is 10.1 Å². The maximum Gasteiger partial charge on any atom is 0.262 e. The van der Waals surface area contributed by atoms with Gasteiger partial charge in [0.2, 0.25) is 5.88 Å². The van der Waals surface area contributed by atoms with Crippen molar-refractivity contribution in [3.63, 3.8) is 0 Å². The van der Waals surface area contributed by atoms with Crippen molar-refractivity contribution >= 4 is 22.5 Å². The number of aryl methyl sites for hydroxylation is 2. The van der Waals surface area contributed by atoms with Gasteiger partial charge in [0.1, 0.15) is 5.82 Å². The third-order valence-corrected chi connectivity index (χ3v) is 3.61. The summed E-state index contributed by atoms with van der Waals surface area (Å²) >= 11 is 0. The van der Waals surface area contributed by atoms with Crippen LogP contribution < -0.4 is 10.1 Å². The van der Waals surface area contributed by atoms with Crippen LogP contribution in [0.4, 0.5) is 5.69 Å². The number of amides is 1. The van der Waals surface area contributed by atoms with E-state index >= 15 is 0 Å². The Labute approximate surface area is 140 Å². The highest BCUT2D eigenvalue weighted by molar-refractivity contribution is 5.92. The normalized spacial score (nSPS) is 10.6. The van der Waals surface area contributed by atoms with Gasteiger partial charge in [-0.1, -0.05) is 36.8 Å². The van der Waals surface area contributed by atoms with Crippen molar-refractivity contribution in [2.45, 2.75) is 20.3 Å². The molecule has 0 bridgehead atoms. The molecular weight excluding hydrogens is 302 g/mol. The molecule has 0 aliphatic carbocycles. The van der Waals surface area contributed by atoms with E-state index in [1.165, 1.54) is 0 Å². The lowest BCUT2D eigenvalue weighted by Gasteiger charge is -2.10. The zero-order valence-electron chi connectivity index (χ0n) is 13.7. The van der Waals surface area contributed by atoms with Crippen LogP contribution in [0.25, 0.3) is 10.9 Å². The van der Waals surface area contributed by atoms with E-state index < -0.39 is 0 Å². The fourth-order valence-corrected chi connectivity index (χ4v) is 2.33. The molecule has 1 N–H and O–H groups in total. The van der Waals surface area contributed by atoms with Crippen LogP contribution in [0.2, 0.25) is 0 Å². The van der Waals surface area contributed by atoms with Crippen LogP contribution in [0.15, 0.2) is 48.5 Å². The predicted octanol–water partition coefficient (Wildman–Crippen LogP) is 3.52. The number of hydrogen-bond acceptors (Lipinski definition) is 4. The summed E-state index contributed by atoms with van der Waals surface area (Å²) in [4.78, 5) is 20.9. The maximum atomic E-state index is 12.1. The van der Waals surface area contributed by atoms with E-state index in [2.05, 4.69) is 15.3 Å². The van der Waals surface area contributed by atoms with Gasteiger partial charge in [0.25, 0.3) is 5.91 Å². The van der Waals surface area contributed by atoms with Crippen molar-refractivity contribution in [2.24, 2.45) is 0 Å². The molecule has 0 spiro atoms. The molecule has 5 nitrogen and oxygen atoms in total. The standard InChI is InChI=1S/C19H19N3O2/c1-3-17-21-16-7-5-4-6-15(16)19(22-17)24-12-18(23)20-14-10-8-13(2)9-11-14/h4-11H,3,12H2,1-2H3,(H,20,23). The molecule has 2 aromatic carbocycles. The Morgan fingerprint density at radius 2 is 1.83 bits per heavy atom. The number of nitrogens with one attached hydrogen (secondary N) is 1. The lowest BCUT2D eigenvalue weighted by Crippen LogP contribution is -2.20. The first-order valence-corrected chi connectivity index (χ1v) is 7.90. The van der Waals surface area contributed by atoms with Crippen molar-refractivity contribution in [3.05, 3.63) is 59.9 Å². The highest BCUT2D eigenvalue weighted by atomic mass is 16.5. The molecule has 5 heteroatoms. The summed E-state index contributed by atoms with van der Waals surface area (Å²) < 4.78 is 5.66. The Balaban J connectivity index is 1.73. The highest BCUT2D eigenvalue weighted by Gasteiger charge is 2.10. The number of rotatable bonds is 5. The molecule has 122 valence electrons. The quantitative estimate of drug-likeness (QED) is 0.781. The van der Waals surface area contributed by atoms with E-state index in [4.69, 9.17) is 4.74 Å². The van der Waals surface area contributed by atoms with Gasteiger partial charge in [-0.15, -0.1) is 0 Å². The van der Waals surface area contributed by atoms with E-state index in [0.717, 1.165) is 22.2 Å². The number of anilines is 1. The third-order valence-electron chi connectivity index (χ3n) is 3.61. The number of para-hydroxylation sites is 1. The number of aromatic nitrogens is 2. The Morgan fingerprint density at radius 3 is 2.58 bits per heavy atom. The van der Waals surface area contributed by atoms with Gasteiger partial charge >= 0.3 is 0 Å². The van der Waals surface area contributed by atoms with Gasteiger partial charge in [-0.05, 0) is 31.2 Å². The largest absolute Gasteiger partial charge is 0.467 e. The van der Waals surface area contributed by atoms with Crippen LogP contribution in [0.1, 0.15) is 18.3 Å². The first-order chi connectivity index (χ1) is 11.7. The van der Waals surface area contributed by atoms with Crippen LogP contribution in [0, 0.1) is 6.92 Å². The van der Waals surface area contributed by atoms with Crippen molar-refractivity contribution in [1.82, 2.24) is 9.97 Å². The summed E-state index contributed by atoms with van der Waals surface area (Å²) in [5.41, 5.74) is 2.71. The minimum Gasteiger partial charge on any atom is -0.467 e. The fourth-order valence-electron chi connectivity index (χ4n) is 2.33. The molecule has 3 rings (SSSR count). The van der Waals surface area contributed by atoms with Crippen molar-refractivity contribution in [2.75, 3.05) is 11.9 Å². The molecule has 0 atom stereocenters. The average molecular weight is 321 g/mol. The number of ether oxygens (including phenoxy) is 1. The predicted molar refractivity (Wildman–Crippen MR) is 94.2 cm³/mol. The Bertz CT molecular complexity index is 860. The third kappa shape index (κ3) is 3.68. The van der Waals surface area contributed by atoms with E-state index in [-0.39, 0.29) is 12.5 Å². The van der Waals surface area contributed by atoms with Crippen LogP contribution >= 0.6 is 0 Å². The number of hydrogen-bond donors (Lipinski definition) is 1. The zero-order chi connectivity index (χ0) is 16.9. The van der Waals surface area contributed by atoms with E-state index in [0.29, 0.717) is 18.1 Å². The Morgan fingerprint density at radius 1 is 1.08 bits per heavy atom. The molecular formula is C19H19N3O2. The molecule has 1 aromatic heterocycles. The molecule has 0 aliphatic rings. The molecule has 1 heterocycles.